The summed E-state index contributed by atoms with van der Waals surface area (Å²) in [4.78, 5) is 0. The molecule has 0 saturated carbocycles. The fraction of sp³-hybridized carbons (Fsp3) is 0.429. The van der Waals surface area contributed by atoms with E-state index in [2.05, 4.69) is 4.72 Å². The summed E-state index contributed by atoms with van der Waals surface area (Å²) in [6, 6.07) is 7.73. The molecule has 5 nitrogen and oxygen atoms in total. The summed E-state index contributed by atoms with van der Waals surface area (Å²) in [6.07, 6.45) is 1.54. The number of rotatable bonds is 6. The molecule has 0 bridgehead atoms. The molecule has 0 aliphatic rings. The number of aryl methyl sites for hydroxylation is 1. The maximum Gasteiger partial charge on any atom is 0.211 e. The lowest BCUT2D eigenvalue weighted by molar-refractivity contribution is 0.183. The van der Waals surface area contributed by atoms with Crippen LogP contribution in [0, 0.1) is 0 Å². The number of nitrogens with one attached hydrogen (secondary N) is 1. The minimum atomic E-state index is -3.30. The number of para-hydroxylation sites is 1. The number of aliphatic hydroxyl groups excluding tert-OH is 1. The first kappa shape index (κ1) is 15.0. The summed E-state index contributed by atoms with van der Waals surface area (Å²) in [5.74, 6) is 0.0786. The van der Waals surface area contributed by atoms with Gasteiger partial charge >= 0.3 is 0 Å². The first-order valence-electron chi connectivity index (χ1n) is 6.64. The van der Waals surface area contributed by atoms with Crippen LogP contribution in [-0.2, 0) is 17.1 Å². The third-order valence-corrected chi connectivity index (χ3v) is 4.81. The van der Waals surface area contributed by atoms with Gasteiger partial charge in [-0.15, -0.1) is 0 Å². The minimum Gasteiger partial charge on any atom is -0.387 e. The molecule has 0 spiro atoms. The highest BCUT2D eigenvalue weighted by atomic mass is 32.2. The molecule has 2 N–H and O–H groups in total. The third-order valence-electron chi connectivity index (χ3n) is 3.26. The number of nitrogens with zero attached hydrogens (tertiary/aromatic N) is 1. The van der Waals surface area contributed by atoms with E-state index in [9.17, 15) is 13.5 Å². The normalized spacial score (nSPS) is 13.8. The molecule has 0 amide bonds. The fourth-order valence-corrected chi connectivity index (χ4v) is 3.39. The monoisotopic (exact) mass is 296 g/mol. The van der Waals surface area contributed by atoms with Crippen molar-refractivity contribution in [2.75, 3.05) is 12.3 Å². The number of sulfonamides is 1. The molecule has 1 unspecified atom stereocenters. The van der Waals surface area contributed by atoms with Gasteiger partial charge in [-0.1, -0.05) is 25.1 Å². The first-order chi connectivity index (χ1) is 9.44. The molecule has 0 fully saturated rings. The van der Waals surface area contributed by atoms with E-state index in [0.29, 0.717) is 6.42 Å². The van der Waals surface area contributed by atoms with Crippen molar-refractivity contribution in [3.63, 3.8) is 0 Å². The van der Waals surface area contributed by atoms with Crippen LogP contribution >= 0.6 is 0 Å². The molecule has 6 heteroatoms. The van der Waals surface area contributed by atoms with E-state index < -0.39 is 16.1 Å². The number of fused-ring (bicyclic) bond motifs is 1. The van der Waals surface area contributed by atoms with Crippen LogP contribution in [0.15, 0.2) is 30.5 Å². The number of benzene rings is 1. The van der Waals surface area contributed by atoms with Gasteiger partial charge in [0.25, 0.3) is 0 Å². The van der Waals surface area contributed by atoms with Crippen LogP contribution in [-0.4, -0.2) is 30.4 Å². The summed E-state index contributed by atoms with van der Waals surface area (Å²) in [5, 5.41) is 11.2. The Bertz CT molecular complexity index is 692. The Morgan fingerprint density at radius 1 is 1.35 bits per heavy atom. The minimum absolute atomic E-state index is 0.00363. The van der Waals surface area contributed by atoms with Gasteiger partial charge in [-0.3, -0.25) is 0 Å². The van der Waals surface area contributed by atoms with Crippen LogP contribution in [0.3, 0.4) is 0 Å². The molecule has 2 aromatic rings. The Hall–Kier alpha value is -1.37. The van der Waals surface area contributed by atoms with Gasteiger partial charge in [0.15, 0.2) is 0 Å². The topological polar surface area (TPSA) is 71.3 Å². The lowest BCUT2D eigenvalue weighted by atomic mass is 10.1. The van der Waals surface area contributed by atoms with Crippen LogP contribution in [0.4, 0.5) is 0 Å². The second-order valence-corrected chi connectivity index (χ2v) is 6.82. The standard InChI is InChI=1S/C14H20N2O3S/c1-3-8-20(18,19)15-9-14(17)12-10-16(2)13-7-5-4-6-11(12)13/h4-7,10,14-15,17H,3,8-9H2,1-2H3. The molecule has 1 atom stereocenters. The van der Waals surface area contributed by atoms with Gasteiger partial charge in [0.2, 0.25) is 10.0 Å². The number of aromatic nitrogens is 1. The average molecular weight is 296 g/mol. The zero-order valence-corrected chi connectivity index (χ0v) is 12.5. The smallest absolute Gasteiger partial charge is 0.211 e. The molecular formula is C14H20N2O3S. The first-order valence-corrected chi connectivity index (χ1v) is 8.29. The summed E-state index contributed by atoms with van der Waals surface area (Å²) < 4.78 is 27.6. The van der Waals surface area contributed by atoms with Crippen molar-refractivity contribution in [1.82, 2.24) is 9.29 Å². The highest BCUT2D eigenvalue weighted by molar-refractivity contribution is 7.89. The average Bonchev–Trinajstić information content (AvgIpc) is 2.74. The molecule has 1 heterocycles. The van der Waals surface area contributed by atoms with Crippen molar-refractivity contribution < 1.29 is 13.5 Å². The SMILES string of the molecule is CCCS(=O)(=O)NCC(O)c1cn(C)c2ccccc12. The second-order valence-electron chi connectivity index (χ2n) is 4.90. The van der Waals surface area contributed by atoms with Crippen LogP contribution in [0.1, 0.15) is 25.0 Å². The molecule has 2 rings (SSSR count). The Labute approximate surface area is 119 Å². The second kappa shape index (κ2) is 5.95. The Kier molecular flexibility index (Phi) is 4.47. The molecule has 110 valence electrons. The lowest BCUT2D eigenvalue weighted by Crippen LogP contribution is -2.30. The van der Waals surface area contributed by atoms with Crippen LogP contribution < -0.4 is 4.72 Å². The molecular weight excluding hydrogens is 276 g/mol. The Balaban J connectivity index is 2.18. The van der Waals surface area contributed by atoms with Crippen molar-refractivity contribution in [2.45, 2.75) is 19.4 Å². The predicted octanol–water partition coefficient (Wildman–Crippen LogP) is 1.54. The van der Waals surface area contributed by atoms with E-state index in [-0.39, 0.29) is 12.3 Å². The van der Waals surface area contributed by atoms with Gasteiger partial charge in [0.05, 0.1) is 11.9 Å². The van der Waals surface area contributed by atoms with Gasteiger partial charge in [-0.05, 0) is 12.5 Å². The van der Waals surface area contributed by atoms with Crippen molar-refractivity contribution >= 4 is 20.9 Å². The van der Waals surface area contributed by atoms with Gasteiger partial charge in [0.1, 0.15) is 0 Å². The largest absolute Gasteiger partial charge is 0.387 e. The predicted molar refractivity (Wildman–Crippen MR) is 80.0 cm³/mol. The van der Waals surface area contributed by atoms with E-state index in [1.54, 1.807) is 6.92 Å². The van der Waals surface area contributed by atoms with E-state index >= 15 is 0 Å². The van der Waals surface area contributed by atoms with Crippen molar-refractivity contribution in [3.05, 3.63) is 36.0 Å². The van der Waals surface area contributed by atoms with Gasteiger partial charge in [0, 0.05) is 36.3 Å². The zero-order chi connectivity index (χ0) is 14.8. The van der Waals surface area contributed by atoms with Crippen LogP contribution in [0.2, 0.25) is 0 Å². The number of hydrogen-bond acceptors (Lipinski definition) is 3. The van der Waals surface area contributed by atoms with Crippen molar-refractivity contribution in [1.29, 1.82) is 0 Å². The number of hydrogen-bond donors (Lipinski definition) is 2. The van der Waals surface area contributed by atoms with E-state index in [1.807, 2.05) is 42.1 Å². The third kappa shape index (κ3) is 3.20. The van der Waals surface area contributed by atoms with Crippen LogP contribution in [0.5, 0.6) is 0 Å². The molecule has 0 aliphatic heterocycles. The summed E-state index contributed by atoms with van der Waals surface area (Å²) in [5.41, 5.74) is 1.75. The highest BCUT2D eigenvalue weighted by Crippen LogP contribution is 2.25. The van der Waals surface area contributed by atoms with E-state index in [4.69, 9.17) is 0 Å². The molecule has 0 radical (unpaired) electrons. The Morgan fingerprint density at radius 2 is 2.05 bits per heavy atom. The molecule has 0 aliphatic carbocycles. The summed E-state index contributed by atoms with van der Waals surface area (Å²) in [7, 11) is -1.40. The van der Waals surface area contributed by atoms with E-state index in [0.717, 1.165) is 16.5 Å². The quantitative estimate of drug-likeness (QED) is 0.849. The Morgan fingerprint density at radius 3 is 2.75 bits per heavy atom. The van der Waals surface area contributed by atoms with Gasteiger partial charge in [-0.2, -0.15) is 0 Å². The van der Waals surface area contributed by atoms with Gasteiger partial charge < -0.3 is 9.67 Å². The van der Waals surface area contributed by atoms with Crippen LogP contribution in [0.25, 0.3) is 10.9 Å². The number of aliphatic hydroxyl groups is 1. The van der Waals surface area contributed by atoms with Gasteiger partial charge in [-0.25, -0.2) is 13.1 Å². The maximum atomic E-state index is 11.6. The molecule has 20 heavy (non-hydrogen) atoms. The molecule has 1 aromatic heterocycles. The maximum absolute atomic E-state index is 11.6. The summed E-state index contributed by atoms with van der Waals surface area (Å²) >= 11 is 0. The molecule has 1 aromatic carbocycles. The fourth-order valence-electron chi connectivity index (χ4n) is 2.30. The zero-order valence-electron chi connectivity index (χ0n) is 11.7. The van der Waals surface area contributed by atoms with Crippen molar-refractivity contribution in [2.24, 2.45) is 7.05 Å². The van der Waals surface area contributed by atoms with E-state index in [1.165, 1.54) is 0 Å². The lowest BCUT2D eigenvalue weighted by Gasteiger charge is -2.11. The summed E-state index contributed by atoms with van der Waals surface area (Å²) in [6.45, 7) is 1.80. The highest BCUT2D eigenvalue weighted by Gasteiger charge is 2.17. The molecule has 0 saturated heterocycles. The van der Waals surface area contributed by atoms with Crippen molar-refractivity contribution in [3.8, 4) is 0 Å².